The number of alkyl halides is 6. The van der Waals surface area contributed by atoms with Crippen LogP contribution in [-0.2, 0) is 12.4 Å². The molecule has 1 aromatic heterocycles. The number of benzene rings is 2. The number of aromatic nitrogens is 2. The fourth-order valence-corrected chi connectivity index (χ4v) is 2.50. The lowest BCUT2D eigenvalue weighted by atomic mass is 10.2. The topological polar surface area (TPSA) is 76.0 Å². The van der Waals surface area contributed by atoms with Crippen LogP contribution in [0.5, 0.6) is 0 Å². The number of amides is 2. The van der Waals surface area contributed by atoms with Gasteiger partial charge in [0.25, 0.3) is 5.91 Å². The molecule has 0 bridgehead atoms. The van der Waals surface area contributed by atoms with Crippen LogP contribution in [0.1, 0.15) is 21.6 Å². The van der Waals surface area contributed by atoms with E-state index in [9.17, 15) is 40.3 Å². The van der Waals surface area contributed by atoms with Gasteiger partial charge in [-0.25, -0.2) is 9.18 Å². The van der Waals surface area contributed by atoms with Crippen LogP contribution >= 0.6 is 0 Å². The number of hydrogen-bond donors (Lipinski definition) is 2. The van der Waals surface area contributed by atoms with Crippen molar-refractivity contribution in [2.45, 2.75) is 12.4 Å². The Kier molecular flexibility index (Phi) is 5.92. The number of carbonyl (C=O) groups is 2. The van der Waals surface area contributed by atoms with Crippen LogP contribution in [-0.4, -0.2) is 21.7 Å². The van der Waals surface area contributed by atoms with Gasteiger partial charge in [0.15, 0.2) is 5.69 Å². The summed E-state index contributed by atoms with van der Waals surface area (Å²) >= 11 is 0. The zero-order valence-electron chi connectivity index (χ0n) is 15.6. The van der Waals surface area contributed by atoms with Crippen molar-refractivity contribution in [2.75, 3.05) is 10.6 Å². The lowest BCUT2D eigenvalue weighted by Crippen LogP contribution is -2.22. The van der Waals surface area contributed by atoms with Gasteiger partial charge in [0.1, 0.15) is 5.82 Å². The highest BCUT2D eigenvalue weighted by Gasteiger charge is 2.32. The highest BCUT2D eigenvalue weighted by Crippen LogP contribution is 2.32. The Morgan fingerprint density at radius 1 is 0.844 bits per heavy atom. The van der Waals surface area contributed by atoms with Crippen molar-refractivity contribution in [2.24, 2.45) is 0 Å². The fourth-order valence-electron chi connectivity index (χ4n) is 2.50. The summed E-state index contributed by atoms with van der Waals surface area (Å²) < 4.78 is 90.9. The molecule has 0 radical (unpaired) electrons. The van der Waals surface area contributed by atoms with Crippen molar-refractivity contribution < 1.29 is 40.3 Å². The van der Waals surface area contributed by atoms with Gasteiger partial charge >= 0.3 is 18.4 Å². The van der Waals surface area contributed by atoms with Gasteiger partial charge in [-0.2, -0.15) is 36.1 Å². The third-order valence-electron chi connectivity index (χ3n) is 4.01. The SMILES string of the molecule is O=C(Nc1cc(C(F)(F)F)ccc1F)c1ccn(C(=O)Nc2cccc(C(F)(F)F)c2)n1. The molecule has 32 heavy (non-hydrogen) atoms. The van der Waals surface area contributed by atoms with Gasteiger partial charge in [-0.15, -0.1) is 0 Å². The highest BCUT2D eigenvalue weighted by atomic mass is 19.4. The lowest BCUT2D eigenvalue weighted by molar-refractivity contribution is -0.138. The summed E-state index contributed by atoms with van der Waals surface area (Å²) in [6.45, 7) is 0. The second-order valence-electron chi connectivity index (χ2n) is 6.30. The van der Waals surface area contributed by atoms with Crippen molar-refractivity contribution >= 4 is 23.3 Å². The first-order valence-electron chi connectivity index (χ1n) is 8.57. The van der Waals surface area contributed by atoms with E-state index in [1.165, 1.54) is 6.07 Å². The van der Waals surface area contributed by atoms with E-state index in [4.69, 9.17) is 0 Å². The second kappa shape index (κ2) is 8.32. The summed E-state index contributed by atoms with van der Waals surface area (Å²) in [4.78, 5) is 24.4. The van der Waals surface area contributed by atoms with E-state index in [0.29, 0.717) is 28.9 Å². The Labute approximate surface area is 174 Å². The molecule has 0 aliphatic heterocycles. The molecule has 2 N–H and O–H groups in total. The average molecular weight is 460 g/mol. The number of carbonyl (C=O) groups excluding carboxylic acids is 2. The molecule has 0 saturated carbocycles. The third kappa shape index (κ3) is 5.22. The van der Waals surface area contributed by atoms with E-state index in [2.05, 4.69) is 10.4 Å². The van der Waals surface area contributed by atoms with Gasteiger partial charge in [-0.05, 0) is 42.5 Å². The van der Waals surface area contributed by atoms with Gasteiger partial charge in [0.2, 0.25) is 0 Å². The maximum absolute atomic E-state index is 13.8. The molecule has 1 heterocycles. The predicted molar refractivity (Wildman–Crippen MR) is 97.4 cm³/mol. The average Bonchev–Trinajstić information content (AvgIpc) is 3.19. The molecule has 0 saturated heterocycles. The lowest BCUT2D eigenvalue weighted by Gasteiger charge is -2.10. The number of nitrogens with one attached hydrogen (secondary N) is 2. The quantitative estimate of drug-likeness (QED) is 0.515. The highest BCUT2D eigenvalue weighted by molar-refractivity contribution is 6.03. The van der Waals surface area contributed by atoms with Gasteiger partial charge < -0.3 is 10.6 Å². The molecule has 0 aliphatic carbocycles. The summed E-state index contributed by atoms with van der Waals surface area (Å²) in [6, 6.07) is 5.16. The van der Waals surface area contributed by atoms with E-state index in [-0.39, 0.29) is 5.69 Å². The van der Waals surface area contributed by atoms with Crippen molar-refractivity contribution in [3.63, 3.8) is 0 Å². The molecule has 13 heteroatoms. The first-order chi connectivity index (χ1) is 14.8. The number of hydrogen-bond acceptors (Lipinski definition) is 3. The molecule has 2 amide bonds. The number of nitrogens with zero attached hydrogens (tertiary/aromatic N) is 2. The normalized spacial score (nSPS) is 11.8. The molecule has 0 fully saturated rings. The van der Waals surface area contributed by atoms with Crippen LogP contribution in [0.4, 0.5) is 46.9 Å². The zero-order valence-corrected chi connectivity index (χ0v) is 15.6. The Hall–Kier alpha value is -3.90. The maximum Gasteiger partial charge on any atom is 0.416 e. The molecule has 6 nitrogen and oxygen atoms in total. The van der Waals surface area contributed by atoms with Crippen LogP contribution in [0.2, 0.25) is 0 Å². The molecule has 0 spiro atoms. The third-order valence-corrected chi connectivity index (χ3v) is 4.01. The monoisotopic (exact) mass is 460 g/mol. The molecule has 0 atom stereocenters. The molecular weight excluding hydrogens is 449 g/mol. The number of anilines is 2. The smallest absolute Gasteiger partial charge is 0.318 e. The standard InChI is InChI=1S/C19H11F7N4O2/c20-13-5-4-11(19(24,25)26)9-15(13)28-16(31)14-6-7-30(29-14)17(32)27-12-3-1-2-10(8-12)18(21,22)23/h1-9H,(H,27,32)(H,28,31). The van der Waals surface area contributed by atoms with Gasteiger partial charge in [-0.3, -0.25) is 4.79 Å². The van der Waals surface area contributed by atoms with Crippen molar-refractivity contribution in [3.8, 4) is 0 Å². The van der Waals surface area contributed by atoms with Crippen molar-refractivity contribution in [1.29, 1.82) is 0 Å². The summed E-state index contributed by atoms with van der Waals surface area (Å²) in [6.07, 6.45) is -8.41. The largest absolute Gasteiger partial charge is 0.416 e. The Morgan fingerprint density at radius 2 is 1.50 bits per heavy atom. The van der Waals surface area contributed by atoms with Gasteiger partial charge in [-0.1, -0.05) is 6.07 Å². The van der Waals surface area contributed by atoms with Crippen LogP contribution in [0, 0.1) is 5.82 Å². The van der Waals surface area contributed by atoms with Gasteiger partial charge in [0, 0.05) is 11.9 Å². The summed E-state index contributed by atoms with van der Waals surface area (Å²) in [7, 11) is 0. The van der Waals surface area contributed by atoms with Crippen molar-refractivity contribution in [1.82, 2.24) is 9.78 Å². The van der Waals surface area contributed by atoms with Crippen LogP contribution < -0.4 is 10.6 Å². The number of halogens is 7. The Bertz CT molecular complexity index is 1170. The van der Waals surface area contributed by atoms with E-state index in [0.717, 1.165) is 24.4 Å². The van der Waals surface area contributed by atoms with E-state index in [1.54, 1.807) is 0 Å². The van der Waals surface area contributed by atoms with E-state index in [1.807, 2.05) is 5.32 Å². The molecule has 3 rings (SSSR count). The fraction of sp³-hybridized carbons (Fsp3) is 0.105. The molecule has 168 valence electrons. The minimum Gasteiger partial charge on any atom is -0.318 e. The maximum atomic E-state index is 13.8. The first-order valence-corrected chi connectivity index (χ1v) is 8.57. The van der Waals surface area contributed by atoms with Gasteiger partial charge in [0.05, 0.1) is 16.8 Å². The summed E-state index contributed by atoms with van der Waals surface area (Å²) in [5.41, 5.74) is -3.61. The summed E-state index contributed by atoms with van der Waals surface area (Å²) in [5, 5.41) is 7.67. The van der Waals surface area contributed by atoms with Crippen LogP contribution in [0.15, 0.2) is 54.7 Å². The van der Waals surface area contributed by atoms with Crippen LogP contribution in [0.3, 0.4) is 0 Å². The molecule has 0 unspecified atom stereocenters. The molecular formula is C19H11F7N4O2. The molecule has 0 aliphatic rings. The molecule has 2 aromatic carbocycles. The minimum absolute atomic E-state index is 0.197. The van der Waals surface area contributed by atoms with E-state index < -0.39 is 52.6 Å². The Balaban J connectivity index is 1.73. The summed E-state index contributed by atoms with van der Waals surface area (Å²) in [5.74, 6) is -2.25. The predicted octanol–water partition coefficient (Wildman–Crippen LogP) is 5.39. The van der Waals surface area contributed by atoms with Crippen LogP contribution in [0.25, 0.3) is 0 Å². The second-order valence-corrected chi connectivity index (χ2v) is 6.30. The van der Waals surface area contributed by atoms with Crippen molar-refractivity contribution in [3.05, 3.63) is 77.4 Å². The molecule has 3 aromatic rings. The van der Waals surface area contributed by atoms with E-state index >= 15 is 0 Å². The minimum atomic E-state index is -4.77. The Morgan fingerprint density at radius 3 is 2.16 bits per heavy atom. The number of rotatable bonds is 3. The first kappa shape index (κ1) is 22.8. The zero-order chi connectivity index (χ0) is 23.7.